The molecule has 1 aliphatic rings. The minimum atomic E-state index is -0.833. The van der Waals surface area contributed by atoms with E-state index in [4.69, 9.17) is 19.8 Å². The summed E-state index contributed by atoms with van der Waals surface area (Å²) in [5.74, 6) is -1.67. The second-order valence-electron chi connectivity index (χ2n) is 4.29. The number of fused-ring (bicyclic) bond motifs is 1. The average molecular weight is 284 g/mol. The number of aliphatic hydroxyl groups excluding tert-OH is 2. The van der Waals surface area contributed by atoms with Gasteiger partial charge >= 0.3 is 0 Å². The number of aliphatic hydroxyl groups is 2. The van der Waals surface area contributed by atoms with Gasteiger partial charge < -0.3 is 20.4 Å². The lowest BCUT2D eigenvalue weighted by Crippen LogP contribution is -2.24. The zero-order chi connectivity index (χ0) is 15.7. The Labute approximate surface area is 117 Å². The van der Waals surface area contributed by atoms with Gasteiger partial charge in [-0.15, -0.1) is 0 Å². The molecule has 2 atom stereocenters. The van der Waals surface area contributed by atoms with Crippen molar-refractivity contribution >= 4 is 11.9 Å². The molecule has 0 aromatic heterocycles. The molecule has 1 aliphatic carbocycles. The lowest BCUT2D eigenvalue weighted by atomic mass is 9.88. The predicted octanol–water partition coefficient (Wildman–Crippen LogP) is 1.21. The fraction of sp³-hybridized carbons (Fsp3) is 0.429. The molecular weight excluding hydrogens is 264 g/mol. The van der Waals surface area contributed by atoms with Crippen LogP contribution in [0.1, 0.15) is 37.5 Å². The molecule has 0 saturated heterocycles. The van der Waals surface area contributed by atoms with Gasteiger partial charge in [-0.3, -0.25) is 9.59 Å². The largest absolute Gasteiger partial charge is 0.481 e. The van der Waals surface area contributed by atoms with Crippen molar-refractivity contribution in [3.8, 4) is 0 Å². The third-order valence-corrected chi connectivity index (χ3v) is 2.45. The molecule has 6 heteroatoms. The molecule has 112 valence electrons. The normalized spacial score (nSPS) is 19.4. The average Bonchev–Trinajstić information content (AvgIpc) is 2.33. The van der Waals surface area contributed by atoms with Crippen LogP contribution < -0.4 is 0 Å². The summed E-state index contributed by atoms with van der Waals surface area (Å²) in [5, 5.41) is 33.8. The standard InChI is InChI=1S/C10H12O2.2C2H4O2/c11-9-6-5-7-3-1-2-4-8(7)10(9)12;2*1-2(3)4/h1-4,9-12H,5-6H2;2*1H3,(H,3,4)/t9-,10+;;/m0../s1. The minimum absolute atomic E-state index is 0.583. The molecule has 0 heterocycles. The monoisotopic (exact) mass is 284 g/mol. The highest BCUT2D eigenvalue weighted by molar-refractivity contribution is 5.63. The Kier molecular flexibility index (Phi) is 8.19. The van der Waals surface area contributed by atoms with Gasteiger partial charge in [0.25, 0.3) is 11.9 Å². The second-order valence-corrected chi connectivity index (χ2v) is 4.29. The van der Waals surface area contributed by atoms with Gasteiger partial charge in [-0.25, -0.2) is 0 Å². The first-order valence-electron chi connectivity index (χ1n) is 6.08. The van der Waals surface area contributed by atoms with Crippen LogP contribution in [-0.4, -0.2) is 38.5 Å². The topological polar surface area (TPSA) is 115 Å². The van der Waals surface area contributed by atoms with E-state index in [1.165, 1.54) is 0 Å². The number of carbonyl (C=O) groups is 2. The molecular formula is C14H20O6. The summed E-state index contributed by atoms with van der Waals surface area (Å²) in [6.07, 6.45) is 0.266. The summed E-state index contributed by atoms with van der Waals surface area (Å²) in [6.45, 7) is 2.17. The Bertz CT molecular complexity index is 423. The number of aryl methyl sites for hydroxylation is 1. The number of carboxylic acids is 2. The van der Waals surface area contributed by atoms with Gasteiger partial charge in [-0.2, -0.15) is 0 Å². The predicted molar refractivity (Wildman–Crippen MR) is 72.3 cm³/mol. The van der Waals surface area contributed by atoms with Gasteiger partial charge in [0.2, 0.25) is 0 Å². The summed E-state index contributed by atoms with van der Waals surface area (Å²) in [5.41, 5.74) is 2.05. The molecule has 0 radical (unpaired) electrons. The maximum atomic E-state index is 9.58. The summed E-state index contributed by atoms with van der Waals surface area (Å²) in [4.78, 5) is 18.0. The molecule has 0 amide bonds. The van der Waals surface area contributed by atoms with E-state index >= 15 is 0 Å². The Balaban J connectivity index is 0.000000380. The first-order valence-corrected chi connectivity index (χ1v) is 6.08. The van der Waals surface area contributed by atoms with Crippen LogP contribution in [0.25, 0.3) is 0 Å². The third-order valence-electron chi connectivity index (χ3n) is 2.45. The zero-order valence-corrected chi connectivity index (χ0v) is 11.5. The molecule has 0 spiro atoms. The summed E-state index contributed by atoms with van der Waals surface area (Å²) in [7, 11) is 0. The third kappa shape index (κ3) is 7.50. The van der Waals surface area contributed by atoms with E-state index in [2.05, 4.69) is 0 Å². The van der Waals surface area contributed by atoms with E-state index in [-0.39, 0.29) is 0 Å². The number of hydrogen-bond acceptors (Lipinski definition) is 4. The number of aliphatic carboxylic acids is 2. The Hall–Kier alpha value is -1.92. The van der Waals surface area contributed by atoms with E-state index in [1.807, 2.05) is 24.3 Å². The van der Waals surface area contributed by atoms with Crippen LogP contribution in [0.3, 0.4) is 0 Å². The zero-order valence-electron chi connectivity index (χ0n) is 11.5. The fourth-order valence-corrected chi connectivity index (χ4v) is 1.72. The van der Waals surface area contributed by atoms with Crippen LogP contribution in [0.2, 0.25) is 0 Å². The Morgan fingerprint density at radius 3 is 2.00 bits per heavy atom. The lowest BCUT2D eigenvalue weighted by molar-refractivity contribution is -0.135. The van der Waals surface area contributed by atoms with Crippen molar-refractivity contribution in [3.05, 3.63) is 35.4 Å². The summed E-state index contributed by atoms with van der Waals surface area (Å²) in [6, 6.07) is 7.73. The van der Waals surface area contributed by atoms with Crippen LogP contribution in [0.15, 0.2) is 24.3 Å². The summed E-state index contributed by atoms with van der Waals surface area (Å²) >= 11 is 0. The molecule has 1 aromatic rings. The SMILES string of the molecule is CC(=O)O.CC(=O)O.O[C@@H]1c2ccccc2CC[C@@H]1O. The van der Waals surface area contributed by atoms with E-state index in [9.17, 15) is 10.2 Å². The smallest absolute Gasteiger partial charge is 0.300 e. The van der Waals surface area contributed by atoms with Crippen molar-refractivity contribution in [1.29, 1.82) is 0 Å². The Morgan fingerprint density at radius 2 is 1.50 bits per heavy atom. The van der Waals surface area contributed by atoms with Crippen LogP contribution >= 0.6 is 0 Å². The minimum Gasteiger partial charge on any atom is -0.481 e. The molecule has 0 saturated carbocycles. The maximum absolute atomic E-state index is 9.58. The van der Waals surface area contributed by atoms with Gasteiger partial charge in [0, 0.05) is 13.8 Å². The molecule has 6 nitrogen and oxygen atoms in total. The highest BCUT2D eigenvalue weighted by atomic mass is 16.4. The molecule has 0 aliphatic heterocycles. The Morgan fingerprint density at radius 1 is 1.05 bits per heavy atom. The molecule has 1 aromatic carbocycles. The molecule has 2 rings (SSSR count). The van der Waals surface area contributed by atoms with Crippen molar-refractivity contribution in [2.24, 2.45) is 0 Å². The fourth-order valence-electron chi connectivity index (χ4n) is 1.72. The maximum Gasteiger partial charge on any atom is 0.300 e. The summed E-state index contributed by atoms with van der Waals surface area (Å²) < 4.78 is 0. The van der Waals surface area contributed by atoms with Gasteiger partial charge in [0.15, 0.2) is 0 Å². The number of carboxylic acid groups (broad SMARTS) is 2. The van der Waals surface area contributed by atoms with Crippen LogP contribution in [0, 0.1) is 0 Å². The number of hydrogen-bond donors (Lipinski definition) is 4. The van der Waals surface area contributed by atoms with Crippen molar-refractivity contribution in [2.75, 3.05) is 0 Å². The quantitative estimate of drug-likeness (QED) is 0.569. The lowest BCUT2D eigenvalue weighted by Gasteiger charge is -2.25. The second kappa shape index (κ2) is 9.06. The molecule has 0 unspecified atom stereocenters. The van der Waals surface area contributed by atoms with E-state index < -0.39 is 24.1 Å². The van der Waals surface area contributed by atoms with E-state index in [0.717, 1.165) is 31.4 Å². The van der Waals surface area contributed by atoms with Gasteiger partial charge in [-0.05, 0) is 24.0 Å². The van der Waals surface area contributed by atoms with E-state index in [0.29, 0.717) is 6.42 Å². The molecule has 0 fully saturated rings. The molecule has 20 heavy (non-hydrogen) atoms. The molecule has 4 N–H and O–H groups in total. The highest BCUT2D eigenvalue weighted by Crippen LogP contribution is 2.29. The van der Waals surface area contributed by atoms with Crippen LogP contribution in [0.4, 0.5) is 0 Å². The van der Waals surface area contributed by atoms with Crippen molar-refractivity contribution in [2.45, 2.75) is 38.9 Å². The number of rotatable bonds is 0. The van der Waals surface area contributed by atoms with Crippen LogP contribution in [0.5, 0.6) is 0 Å². The van der Waals surface area contributed by atoms with Crippen molar-refractivity contribution in [1.82, 2.24) is 0 Å². The first kappa shape index (κ1) is 18.1. The van der Waals surface area contributed by atoms with Gasteiger partial charge in [0.05, 0.1) is 6.10 Å². The van der Waals surface area contributed by atoms with Crippen molar-refractivity contribution in [3.63, 3.8) is 0 Å². The van der Waals surface area contributed by atoms with Gasteiger partial charge in [0.1, 0.15) is 6.10 Å². The van der Waals surface area contributed by atoms with E-state index in [1.54, 1.807) is 0 Å². The van der Waals surface area contributed by atoms with Crippen LogP contribution in [-0.2, 0) is 16.0 Å². The number of benzene rings is 1. The highest BCUT2D eigenvalue weighted by Gasteiger charge is 2.25. The van der Waals surface area contributed by atoms with Crippen molar-refractivity contribution < 1.29 is 30.0 Å². The first-order chi connectivity index (χ1) is 9.25. The van der Waals surface area contributed by atoms with Gasteiger partial charge in [-0.1, -0.05) is 24.3 Å². The molecule has 0 bridgehead atoms.